The second kappa shape index (κ2) is 14.5. The lowest BCUT2D eigenvalue weighted by atomic mass is 10.00. The van der Waals surface area contributed by atoms with E-state index in [-0.39, 0.29) is 37.6 Å². The molecule has 3 rings (SSSR count). The molecule has 7 nitrogen and oxygen atoms in total. The predicted molar refractivity (Wildman–Crippen MR) is 140 cm³/mol. The van der Waals surface area contributed by atoms with Crippen LogP contribution in [0.3, 0.4) is 0 Å². The van der Waals surface area contributed by atoms with Crippen LogP contribution in [-0.4, -0.2) is 40.6 Å². The van der Waals surface area contributed by atoms with Gasteiger partial charge in [-0.05, 0) is 48.1 Å². The summed E-state index contributed by atoms with van der Waals surface area (Å²) in [6.45, 7) is 2.76. The third-order valence-corrected chi connectivity index (χ3v) is 6.45. The summed E-state index contributed by atoms with van der Waals surface area (Å²) >= 11 is 1.30. The van der Waals surface area contributed by atoms with Gasteiger partial charge in [0, 0.05) is 43.6 Å². The van der Waals surface area contributed by atoms with Crippen molar-refractivity contribution in [1.82, 2.24) is 15.6 Å². The highest BCUT2D eigenvalue weighted by atomic mass is 32.1. The van der Waals surface area contributed by atoms with Gasteiger partial charge in [0.15, 0.2) is 5.13 Å². The van der Waals surface area contributed by atoms with Crippen LogP contribution in [0.5, 0.6) is 0 Å². The molecule has 0 spiro atoms. The number of carbonyl (C=O) groups is 2. The van der Waals surface area contributed by atoms with Crippen molar-refractivity contribution in [3.8, 4) is 0 Å². The van der Waals surface area contributed by atoms with Gasteiger partial charge in [-0.1, -0.05) is 31.2 Å². The smallest absolute Gasteiger partial charge is 0.226 e. The lowest BCUT2D eigenvalue weighted by molar-refractivity contribution is -0.122. The maximum atomic E-state index is 13.7. The van der Waals surface area contributed by atoms with E-state index in [1.54, 1.807) is 11.6 Å². The molecule has 0 aliphatic heterocycles. The molecule has 2 atom stereocenters. The lowest BCUT2D eigenvalue weighted by Crippen LogP contribution is -2.48. The minimum Gasteiger partial charge on any atom is -0.390 e. The number of carbonyl (C=O) groups excluding carboxylic acids is 2. The zero-order valence-electron chi connectivity index (χ0n) is 20.7. The normalized spacial score (nSPS) is 12.6. The number of benzene rings is 2. The molecule has 0 saturated carbocycles. The second-order valence-electron chi connectivity index (χ2n) is 8.77. The van der Waals surface area contributed by atoms with Gasteiger partial charge in [-0.3, -0.25) is 9.59 Å². The van der Waals surface area contributed by atoms with Crippen molar-refractivity contribution in [2.75, 3.05) is 11.9 Å². The Morgan fingerprint density at radius 2 is 1.76 bits per heavy atom. The lowest BCUT2D eigenvalue weighted by Gasteiger charge is -2.25. The first kappa shape index (κ1) is 28.4. The van der Waals surface area contributed by atoms with Crippen molar-refractivity contribution < 1.29 is 23.5 Å². The Morgan fingerprint density at radius 1 is 1.03 bits per heavy atom. The number of halogens is 2. The van der Waals surface area contributed by atoms with Crippen LogP contribution in [0.2, 0.25) is 0 Å². The first-order chi connectivity index (χ1) is 17.8. The average Bonchev–Trinajstić information content (AvgIpc) is 3.36. The number of nitrogens with zero attached hydrogens (tertiary/aromatic N) is 1. The number of rotatable bonds is 14. The number of amides is 2. The zero-order chi connectivity index (χ0) is 26.6. The summed E-state index contributed by atoms with van der Waals surface area (Å²) in [6.07, 6.45) is 2.02. The molecular weight excluding hydrogens is 498 g/mol. The van der Waals surface area contributed by atoms with Crippen LogP contribution in [0.15, 0.2) is 54.0 Å². The molecule has 0 fully saturated rings. The molecule has 4 N–H and O–H groups in total. The number of nitrogens with one attached hydrogen (secondary N) is 3. The Bertz CT molecular complexity index is 1140. The molecule has 0 unspecified atom stereocenters. The van der Waals surface area contributed by atoms with Gasteiger partial charge in [0.2, 0.25) is 11.8 Å². The summed E-state index contributed by atoms with van der Waals surface area (Å²) in [6, 6.07) is 10.4. The standard InChI is InChI=1S/C27H32F2N4O3S/c1-2-18-5-3-6-19(11-18)16-30-17-24(34)23(14-20-12-21(28)15-22(29)13-20)32-25(35)7-4-8-26(36)33-27-31-9-10-37-27/h3,5-6,9-13,15,23-24,30,34H,2,4,7-8,14,16-17H2,1H3,(H,32,35)(H,31,33,36)/t23-,24+/m0/s1. The number of hydrogen-bond acceptors (Lipinski definition) is 6. The van der Waals surface area contributed by atoms with Gasteiger partial charge in [0.25, 0.3) is 0 Å². The molecule has 0 aliphatic carbocycles. The van der Waals surface area contributed by atoms with Crippen LogP contribution < -0.4 is 16.0 Å². The summed E-state index contributed by atoms with van der Waals surface area (Å²) in [5.41, 5.74) is 2.59. The Hall–Kier alpha value is -3.21. The van der Waals surface area contributed by atoms with Crippen LogP contribution in [0.4, 0.5) is 13.9 Å². The molecular formula is C27H32F2N4O3S. The largest absolute Gasteiger partial charge is 0.390 e. The Kier molecular flexibility index (Phi) is 11.1. The van der Waals surface area contributed by atoms with Crippen molar-refractivity contribution in [2.24, 2.45) is 0 Å². The summed E-state index contributed by atoms with van der Waals surface area (Å²) in [5.74, 6) is -2.06. The Balaban J connectivity index is 1.55. The number of aromatic nitrogens is 1. The monoisotopic (exact) mass is 530 g/mol. The minimum absolute atomic E-state index is 0.0408. The molecule has 1 heterocycles. The van der Waals surface area contributed by atoms with Crippen LogP contribution >= 0.6 is 11.3 Å². The van der Waals surface area contributed by atoms with Crippen LogP contribution in [0, 0.1) is 11.6 Å². The van der Waals surface area contributed by atoms with E-state index in [0.717, 1.165) is 18.1 Å². The molecule has 2 aromatic carbocycles. The summed E-state index contributed by atoms with van der Waals surface area (Å²) < 4.78 is 27.5. The van der Waals surface area contributed by atoms with E-state index in [4.69, 9.17) is 0 Å². The van der Waals surface area contributed by atoms with E-state index in [1.165, 1.54) is 29.0 Å². The second-order valence-corrected chi connectivity index (χ2v) is 9.66. The van der Waals surface area contributed by atoms with Crippen LogP contribution in [-0.2, 0) is 29.0 Å². The van der Waals surface area contributed by atoms with Crippen LogP contribution in [0.25, 0.3) is 0 Å². The molecule has 0 aliphatic rings. The molecule has 0 saturated heterocycles. The van der Waals surface area contributed by atoms with Crippen molar-refractivity contribution in [3.63, 3.8) is 0 Å². The summed E-state index contributed by atoms with van der Waals surface area (Å²) in [4.78, 5) is 28.6. The van der Waals surface area contributed by atoms with Gasteiger partial charge in [-0.2, -0.15) is 0 Å². The zero-order valence-corrected chi connectivity index (χ0v) is 21.5. The van der Waals surface area contributed by atoms with Crippen molar-refractivity contribution in [3.05, 3.63) is 82.4 Å². The van der Waals surface area contributed by atoms with E-state index in [9.17, 15) is 23.5 Å². The van der Waals surface area contributed by atoms with Crippen molar-refractivity contribution >= 4 is 28.3 Å². The Morgan fingerprint density at radius 3 is 2.46 bits per heavy atom. The number of aliphatic hydroxyl groups excluding tert-OH is 1. The average molecular weight is 531 g/mol. The Labute approximate surface area is 219 Å². The van der Waals surface area contributed by atoms with Crippen LogP contribution in [0.1, 0.15) is 42.9 Å². The van der Waals surface area contributed by atoms with Gasteiger partial charge >= 0.3 is 0 Å². The van der Waals surface area contributed by atoms with Gasteiger partial charge in [0.05, 0.1) is 12.1 Å². The van der Waals surface area contributed by atoms with Crippen molar-refractivity contribution in [2.45, 2.75) is 57.7 Å². The quantitative estimate of drug-likeness (QED) is 0.253. The molecule has 2 amide bonds. The summed E-state index contributed by atoms with van der Waals surface area (Å²) in [7, 11) is 0. The highest BCUT2D eigenvalue weighted by molar-refractivity contribution is 7.13. The van der Waals surface area contributed by atoms with E-state index in [2.05, 4.69) is 33.9 Å². The number of thiazole rings is 1. The van der Waals surface area contributed by atoms with E-state index < -0.39 is 23.8 Å². The maximum absolute atomic E-state index is 13.7. The molecule has 1 aromatic heterocycles. The third-order valence-electron chi connectivity index (χ3n) is 5.76. The van der Waals surface area contributed by atoms with Crippen molar-refractivity contribution in [1.29, 1.82) is 0 Å². The molecule has 37 heavy (non-hydrogen) atoms. The molecule has 3 aromatic rings. The number of hydrogen-bond donors (Lipinski definition) is 4. The fraction of sp³-hybridized carbons (Fsp3) is 0.370. The molecule has 10 heteroatoms. The van der Waals surface area contributed by atoms with E-state index >= 15 is 0 Å². The molecule has 198 valence electrons. The number of aliphatic hydroxyl groups is 1. The van der Waals surface area contributed by atoms with Gasteiger partial charge in [-0.25, -0.2) is 13.8 Å². The first-order valence-electron chi connectivity index (χ1n) is 12.2. The highest BCUT2D eigenvalue weighted by Gasteiger charge is 2.22. The fourth-order valence-corrected chi connectivity index (χ4v) is 4.43. The SMILES string of the molecule is CCc1cccc(CNC[C@@H](O)[C@H](Cc2cc(F)cc(F)c2)NC(=O)CCCC(=O)Nc2nccs2)c1. The van der Waals surface area contributed by atoms with Gasteiger partial charge in [-0.15, -0.1) is 11.3 Å². The van der Waals surface area contributed by atoms with Gasteiger partial charge < -0.3 is 21.1 Å². The van der Waals surface area contributed by atoms with E-state index in [0.29, 0.717) is 23.7 Å². The predicted octanol–water partition coefficient (Wildman–Crippen LogP) is 3.97. The van der Waals surface area contributed by atoms with E-state index in [1.807, 2.05) is 18.2 Å². The highest BCUT2D eigenvalue weighted by Crippen LogP contribution is 2.14. The molecule has 0 bridgehead atoms. The summed E-state index contributed by atoms with van der Waals surface area (Å²) in [5, 5.41) is 21.7. The topological polar surface area (TPSA) is 103 Å². The molecule has 0 radical (unpaired) electrons. The van der Waals surface area contributed by atoms with Gasteiger partial charge in [0.1, 0.15) is 11.6 Å². The first-order valence-corrected chi connectivity index (χ1v) is 13.1. The number of aryl methyl sites for hydroxylation is 1. The minimum atomic E-state index is -1.02. The third kappa shape index (κ3) is 9.99. The fourth-order valence-electron chi connectivity index (χ4n) is 3.89. The number of anilines is 1. The maximum Gasteiger partial charge on any atom is 0.226 e.